The van der Waals surface area contributed by atoms with Crippen molar-refractivity contribution in [2.75, 3.05) is 5.32 Å². The van der Waals surface area contributed by atoms with Crippen LogP contribution in [0.1, 0.15) is 15.9 Å². The van der Waals surface area contributed by atoms with Gasteiger partial charge in [-0.2, -0.15) is 0 Å². The summed E-state index contributed by atoms with van der Waals surface area (Å²) in [6.45, 7) is 0.764. The number of nitrogens with one attached hydrogen (secondary N) is 1. The molecule has 0 radical (unpaired) electrons. The molecular formula is C18H12BrClN2O2. The Morgan fingerprint density at radius 3 is 2.88 bits per heavy atom. The van der Waals surface area contributed by atoms with Crippen molar-refractivity contribution in [3.05, 3.63) is 73.4 Å². The first kappa shape index (κ1) is 15.4. The number of anilines is 1. The Morgan fingerprint density at radius 1 is 1.25 bits per heavy atom. The first-order valence-electron chi connectivity index (χ1n) is 7.45. The van der Waals surface area contributed by atoms with Crippen molar-refractivity contribution in [2.24, 2.45) is 0 Å². The van der Waals surface area contributed by atoms with E-state index in [9.17, 15) is 9.59 Å². The number of amides is 1. The quantitative estimate of drug-likeness (QED) is 0.696. The minimum absolute atomic E-state index is 0.133. The molecule has 4 nitrogen and oxygen atoms in total. The average molecular weight is 404 g/mol. The van der Waals surface area contributed by atoms with Crippen LogP contribution in [0.3, 0.4) is 0 Å². The van der Waals surface area contributed by atoms with E-state index in [0.717, 1.165) is 28.5 Å². The normalized spacial score (nSPS) is 12.6. The molecule has 0 bridgehead atoms. The second-order valence-corrected chi connectivity index (χ2v) is 7.09. The number of aryl methyl sites for hydroxylation is 2. The van der Waals surface area contributed by atoms with Crippen molar-refractivity contribution in [1.29, 1.82) is 0 Å². The van der Waals surface area contributed by atoms with E-state index in [1.165, 1.54) is 0 Å². The van der Waals surface area contributed by atoms with E-state index in [2.05, 4.69) is 21.2 Å². The summed E-state index contributed by atoms with van der Waals surface area (Å²) in [7, 11) is 0. The highest BCUT2D eigenvalue weighted by Gasteiger charge is 2.21. The van der Waals surface area contributed by atoms with Crippen LogP contribution in [0.25, 0.3) is 10.9 Å². The second kappa shape index (κ2) is 5.76. The number of hydrogen-bond acceptors (Lipinski definition) is 2. The molecule has 3 aromatic rings. The fourth-order valence-electron chi connectivity index (χ4n) is 3.13. The van der Waals surface area contributed by atoms with E-state index < -0.39 is 5.91 Å². The van der Waals surface area contributed by atoms with Gasteiger partial charge >= 0.3 is 0 Å². The smallest absolute Gasteiger partial charge is 0.261 e. The van der Waals surface area contributed by atoms with Gasteiger partial charge in [0.25, 0.3) is 5.91 Å². The van der Waals surface area contributed by atoms with E-state index in [-0.39, 0.29) is 11.0 Å². The Bertz CT molecular complexity index is 1060. The second-order valence-electron chi connectivity index (χ2n) is 5.74. The number of pyridine rings is 1. The van der Waals surface area contributed by atoms with Gasteiger partial charge in [0.2, 0.25) is 5.43 Å². The van der Waals surface area contributed by atoms with Gasteiger partial charge in [0.1, 0.15) is 5.56 Å². The molecule has 0 spiro atoms. The Balaban J connectivity index is 1.82. The van der Waals surface area contributed by atoms with Gasteiger partial charge in [-0.3, -0.25) is 9.59 Å². The van der Waals surface area contributed by atoms with E-state index in [1.54, 1.807) is 36.5 Å². The molecule has 0 atom stereocenters. The summed E-state index contributed by atoms with van der Waals surface area (Å²) >= 11 is 9.37. The van der Waals surface area contributed by atoms with Gasteiger partial charge in [-0.1, -0.05) is 33.6 Å². The molecule has 0 fully saturated rings. The number of carbonyl (C=O) groups excluding carboxylic acids is 1. The highest BCUT2D eigenvalue weighted by molar-refractivity contribution is 9.10. The Hall–Kier alpha value is -2.11. The molecular weight excluding hydrogens is 392 g/mol. The zero-order valence-corrected chi connectivity index (χ0v) is 14.8. The standard InChI is InChI=1S/C18H12BrClN2O2/c19-11-6-10-4-5-22-9-15(17(23)14(7-11)16(10)22)18(24)21-13-3-1-2-12(20)8-13/h1-3,6-9H,4-5H2,(H,21,24). The van der Waals surface area contributed by atoms with Gasteiger partial charge in [0.15, 0.2) is 0 Å². The van der Waals surface area contributed by atoms with E-state index in [4.69, 9.17) is 11.6 Å². The van der Waals surface area contributed by atoms with Crippen LogP contribution >= 0.6 is 27.5 Å². The maximum absolute atomic E-state index is 12.8. The zero-order chi connectivity index (χ0) is 16.8. The van der Waals surface area contributed by atoms with Gasteiger partial charge in [0, 0.05) is 33.3 Å². The minimum Gasteiger partial charge on any atom is -0.346 e. The first-order valence-corrected chi connectivity index (χ1v) is 8.62. The maximum atomic E-state index is 12.8. The lowest BCUT2D eigenvalue weighted by atomic mass is 10.1. The lowest BCUT2D eigenvalue weighted by Crippen LogP contribution is -2.23. The fourth-order valence-corrected chi connectivity index (χ4v) is 3.82. The lowest BCUT2D eigenvalue weighted by Gasteiger charge is -2.10. The number of rotatable bonds is 2. The highest BCUT2D eigenvalue weighted by atomic mass is 79.9. The molecule has 1 N–H and O–H groups in total. The van der Waals surface area contributed by atoms with E-state index in [1.807, 2.05) is 10.6 Å². The number of halogens is 2. The molecule has 1 amide bonds. The Kier molecular flexibility index (Phi) is 3.70. The highest BCUT2D eigenvalue weighted by Crippen LogP contribution is 2.28. The third kappa shape index (κ3) is 2.54. The molecule has 2 aromatic carbocycles. The minimum atomic E-state index is -0.429. The molecule has 24 heavy (non-hydrogen) atoms. The summed E-state index contributed by atoms with van der Waals surface area (Å²) in [5, 5.41) is 3.83. The fraction of sp³-hybridized carbons (Fsp3) is 0.111. The van der Waals surface area contributed by atoms with Crippen LogP contribution in [0.5, 0.6) is 0 Å². The van der Waals surface area contributed by atoms with Crippen molar-refractivity contribution in [3.63, 3.8) is 0 Å². The molecule has 1 aliphatic heterocycles. The van der Waals surface area contributed by atoms with Crippen molar-refractivity contribution < 1.29 is 4.79 Å². The summed E-state index contributed by atoms with van der Waals surface area (Å²) in [4.78, 5) is 25.4. The molecule has 120 valence electrons. The maximum Gasteiger partial charge on any atom is 0.261 e. The number of carbonyl (C=O) groups is 1. The van der Waals surface area contributed by atoms with Gasteiger partial charge in [-0.05, 0) is 42.3 Å². The van der Waals surface area contributed by atoms with Crippen molar-refractivity contribution in [3.8, 4) is 0 Å². The Labute approximate surface area is 151 Å². The summed E-state index contributed by atoms with van der Waals surface area (Å²) in [6.07, 6.45) is 2.50. The van der Waals surface area contributed by atoms with Crippen molar-refractivity contribution in [2.45, 2.75) is 13.0 Å². The van der Waals surface area contributed by atoms with E-state index in [0.29, 0.717) is 16.1 Å². The van der Waals surface area contributed by atoms with Crippen molar-refractivity contribution >= 4 is 50.0 Å². The van der Waals surface area contributed by atoms with Crippen LogP contribution in [0, 0.1) is 0 Å². The SMILES string of the molecule is O=C(Nc1cccc(Cl)c1)c1cn2c3c(cc(Br)cc3c1=O)CC2. The van der Waals surface area contributed by atoms with Crippen LogP contribution in [0.15, 0.2) is 51.9 Å². The Morgan fingerprint density at radius 2 is 2.08 bits per heavy atom. The van der Waals surface area contributed by atoms with Gasteiger partial charge < -0.3 is 9.88 Å². The summed E-state index contributed by atoms with van der Waals surface area (Å²) < 4.78 is 2.83. The third-order valence-corrected chi connectivity index (χ3v) is 4.86. The molecule has 1 aromatic heterocycles. The van der Waals surface area contributed by atoms with Gasteiger partial charge in [-0.25, -0.2) is 0 Å². The molecule has 6 heteroatoms. The van der Waals surface area contributed by atoms with Crippen LogP contribution < -0.4 is 10.7 Å². The average Bonchev–Trinajstić information content (AvgIpc) is 2.93. The monoisotopic (exact) mass is 402 g/mol. The number of aromatic nitrogens is 1. The molecule has 0 unspecified atom stereocenters. The van der Waals surface area contributed by atoms with Crippen LogP contribution in [-0.2, 0) is 13.0 Å². The van der Waals surface area contributed by atoms with Crippen LogP contribution in [0.2, 0.25) is 5.02 Å². The summed E-state index contributed by atoms with van der Waals surface area (Å²) in [5.41, 5.74) is 2.47. The van der Waals surface area contributed by atoms with Gasteiger partial charge in [0.05, 0.1) is 5.52 Å². The summed E-state index contributed by atoms with van der Waals surface area (Å²) in [6, 6.07) is 10.6. The predicted molar refractivity (Wildman–Crippen MR) is 99.0 cm³/mol. The molecule has 0 saturated carbocycles. The largest absolute Gasteiger partial charge is 0.346 e. The molecule has 0 saturated heterocycles. The van der Waals surface area contributed by atoms with Crippen LogP contribution in [-0.4, -0.2) is 10.5 Å². The number of benzene rings is 2. The predicted octanol–water partition coefficient (Wildman–Crippen LogP) is 4.23. The first-order chi connectivity index (χ1) is 11.5. The lowest BCUT2D eigenvalue weighted by molar-refractivity contribution is 0.102. The molecule has 0 aliphatic carbocycles. The van der Waals surface area contributed by atoms with Crippen LogP contribution in [0.4, 0.5) is 5.69 Å². The topological polar surface area (TPSA) is 51.1 Å². The molecule has 4 rings (SSSR count). The third-order valence-electron chi connectivity index (χ3n) is 4.16. The molecule has 1 aliphatic rings. The van der Waals surface area contributed by atoms with Crippen molar-refractivity contribution in [1.82, 2.24) is 4.57 Å². The summed E-state index contributed by atoms with van der Waals surface area (Å²) in [5.74, 6) is -0.429. The van der Waals surface area contributed by atoms with E-state index >= 15 is 0 Å². The number of nitrogens with zero attached hydrogens (tertiary/aromatic N) is 1. The zero-order valence-electron chi connectivity index (χ0n) is 12.5. The molecule has 2 heterocycles. The number of hydrogen-bond donors (Lipinski definition) is 1. The van der Waals surface area contributed by atoms with Gasteiger partial charge in [-0.15, -0.1) is 0 Å².